The summed E-state index contributed by atoms with van der Waals surface area (Å²) in [7, 11) is -2.09. The number of nitrogens with zero attached hydrogens (tertiary/aromatic N) is 3. The second-order valence-electron chi connectivity index (χ2n) is 7.76. The topological polar surface area (TPSA) is 90.7 Å². The molecule has 1 aromatic carbocycles. The van der Waals surface area contributed by atoms with Crippen molar-refractivity contribution in [2.24, 2.45) is 0 Å². The van der Waals surface area contributed by atoms with E-state index < -0.39 is 21.7 Å². The van der Waals surface area contributed by atoms with Crippen molar-refractivity contribution in [1.29, 1.82) is 5.26 Å². The average Bonchev–Trinajstić information content (AvgIpc) is 2.60. The molecule has 148 valence electrons. The Bertz CT molecular complexity index is 824. The van der Waals surface area contributed by atoms with Crippen LogP contribution in [0.15, 0.2) is 24.3 Å². The van der Waals surface area contributed by atoms with E-state index in [1.807, 2.05) is 6.07 Å². The van der Waals surface area contributed by atoms with Crippen LogP contribution in [0.25, 0.3) is 0 Å². The van der Waals surface area contributed by atoms with E-state index in [9.17, 15) is 18.5 Å². The maximum atomic E-state index is 12.9. The van der Waals surface area contributed by atoms with Gasteiger partial charge in [-0.25, -0.2) is 13.2 Å². The highest BCUT2D eigenvalue weighted by Crippen LogP contribution is 2.22. The Morgan fingerprint density at radius 3 is 2.67 bits per heavy atom. The summed E-state index contributed by atoms with van der Waals surface area (Å²) in [6.45, 7) is 6.25. The van der Waals surface area contributed by atoms with Gasteiger partial charge >= 0.3 is 6.09 Å². The van der Waals surface area contributed by atoms with Crippen LogP contribution in [0.2, 0.25) is 0 Å². The average molecular weight is 394 g/mol. The van der Waals surface area contributed by atoms with Gasteiger partial charge in [0.1, 0.15) is 5.60 Å². The van der Waals surface area contributed by atoms with Gasteiger partial charge in [0.2, 0.25) is 10.0 Å². The number of benzene rings is 1. The zero-order valence-electron chi connectivity index (χ0n) is 16.3. The number of sulfonamides is 1. The highest BCUT2D eigenvalue weighted by Gasteiger charge is 2.33. The van der Waals surface area contributed by atoms with E-state index >= 15 is 0 Å². The van der Waals surface area contributed by atoms with Crippen molar-refractivity contribution in [3.05, 3.63) is 35.4 Å². The van der Waals surface area contributed by atoms with E-state index in [2.05, 4.69) is 0 Å². The molecule has 2 rings (SSSR count). The molecule has 1 unspecified atom stereocenters. The fourth-order valence-corrected chi connectivity index (χ4v) is 4.50. The molecule has 0 saturated carbocycles. The van der Waals surface area contributed by atoms with Crippen molar-refractivity contribution < 1.29 is 17.9 Å². The molecule has 7 nitrogen and oxygen atoms in total. The molecule has 1 saturated heterocycles. The van der Waals surface area contributed by atoms with E-state index in [1.165, 1.54) is 11.4 Å². The number of amides is 1. The number of hydrogen-bond donors (Lipinski definition) is 0. The number of ether oxygens (including phenoxy) is 1. The number of piperidine rings is 1. The van der Waals surface area contributed by atoms with Crippen LogP contribution in [0, 0.1) is 11.3 Å². The molecule has 0 aliphatic carbocycles. The highest BCUT2D eigenvalue weighted by atomic mass is 32.2. The van der Waals surface area contributed by atoms with Crippen molar-refractivity contribution in [3.8, 4) is 6.07 Å². The lowest BCUT2D eigenvalue weighted by Gasteiger charge is -2.37. The number of carbonyl (C=O) groups excluding carboxylic acids is 1. The summed E-state index contributed by atoms with van der Waals surface area (Å²) in [6.07, 6.45) is 0.959. The van der Waals surface area contributed by atoms with Gasteiger partial charge < -0.3 is 9.64 Å². The Kier molecular flexibility index (Phi) is 6.50. The first-order valence-corrected chi connectivity index (χ1v) is 10.6. The van der Waals surface area contributed by atoms with Crippen LogP contribution >= 0.6 is 0 Å². The number of likely N-dealkylation sites (tertiary alicyclic amines) is 1. The number of nitriles is 1. The first-order valence-electron chi connectivity index (χ1n) is 8.95. The molecule has 0 spiro atoms. The molecule has 8 heteroatoms. The Balaban J connectivity index is 2.10. The number of rotatable bonds is 4. The normalized spacial score (nSPS) is 18.2. The smallest absolute Gasteiger partial charge is 0.410 e. The number of carbonyl (C=O) groups is 1. The fraction of sp³-hybridized carbons (Fsp3) is 0.579. The quantitative estimate of drug-likeness (QED) is 0.784. The van der Waals surface area contributed by atoms with Crippen LogP contribution in [-0.2, 0) is 20.5 Å². The Morgan fingerprint density at radius 2 is 2.04 bits per heavy atom. The molecule has 1 aromatic rings. The second kappa shape index (κ2) is 8.28. The maximum Gasteiger partial charge on any atom is 0.410 e. The SMILES string of the molecule is CN(C1CCCN(C(=O)OC(C)(C)C)C1)S(=O)(=O)Cc1ccccc1C#N. The third kappa shape index (κ3) is 5.68. The monoisotopic (exact) mass is 393 g/mol. The van der Waals surface area contributed by atoms with Crippen molar-refractivity contribution in [2.45, 2.75) is 51.0 Å². The Hall–Kier alpha value is -2.11. The molecule has 1 aliphatic rings. The lowest BCUT2D eigenvalue weighted by Crippen LogP contribution is -2.51. The van der Waals surface area contributed by atoms with Crippen LogP contribution in [0.5, 0.6) is 0 Å². The summed E-state index contributed by atoms with van der Waals surface area (Å²) < 4.78 is 32.4. The zero-order chi connectivity index (χ0) is 20.2. The first-order chi connectivity index (χ1) is 12.5. The van der Waals surface area contributed by atoms with E-state index in [0.717, 1.165) is 0 Å². The van der Waals surface area contributed by atoms with Gasteiger partial charge in [0.25, 0.3) is 0 Å². The fourth-order valence-electron chi connectivity index (χ4n) is 3.02. The van der Waals surface area contributed by atoms with E-state index in [4.69, 9.17) is 4.74 Å². The summed E-state index contributed by atoms with van der Waals surface area (Å²) in [4.78, 5) is 13.9. The van der Waals surface area contributed by atoms with Crippen LogP contribution in [0.3, 0.4) is 0 Å². The minimum Gasteiger partial charge on any atom is -0.444 e. The largest absolute Gasteiger partial charge is 0.444 e. The van der Waals surface area contributed by atoms with Crippen LogP contribution in [0.1, 0.15) is 44.7 Å². The molecular weight excluding hydrogens is 366 g/mol. The molecule has 1 heterocycles. The molecule has 27 heavy (non-hydrogen) atoms. The molecule has 0 N–H and O–H groups in total. The Morgan fingerprint density at radius 1 is 1.37 bits per heavy atom. The molecule has 1 atom stereocenters. The highest BCUT2D eigenvalue weighted by molar-refractivity contribution is 7.88. The molecular formula is C19H27N3O4S. The standard InChI is InChI=1S/C19H27N3O4S/c1-19(2,3)26-18(23)22-11-7-10-17(13-22)21(4)27(24,25)14-16-9-6-5-8-15(16)12-20/h5-6,8-9,17H,7,10-11,13-14H2,1-4H3. The van der Waals surface area contributed by atoms with Gasteiger partial charge in [-0.3, -0.25) is 0 Å². The van der Waals surface area contributed by atoms with Crippen molar-refractivity contribution in [3.63, 3.8) is 0 Å². The molecule has 0 aromatic heterocycles. The van der Waals surface area contributed by atoms with Gasteiger partial charge in [-0.05, 0) is 45.2 Å². The maximum absolute atomic E-state index is 12.9. The Labute approximate surface area is 161 Å². The van der Waals surface area contributed by atoms with Crippen molar-refractivity contribution in [1.82, 2.24) is 9.21 Å². The minimum absolute atomic E-state index is 0.240. The van der Waals surface area contributed by atoms with Crippen LogP contribution < -0.4 is 0 Å². The second-order valence-corrected chi connectivity index (χ2v) is 9.79. The number of hydrogen-bond acceptors (Lipinski definition) is 5. The molecule has 1 fully saturated rings. The van der Waals surface area contributed by atoms with Gasteiger partial charge in [0.15, 0.2) is 0 Å². The first kappa shape index (κ1) is 21.2. The summed E-state index contributed by atoms with van der Waals surface area (Å²) in [5, 5.41) is 9.17. The van der Waals surface area contributed by atoms with Gasteiger partial charge in [0, 0.05) is 26.2 Å². The lowest BCUT2D eigenvalue weighted by atomic mass is 10.1. The van der Waals surface area contributed by atoms with Gasteiger partial charge in [-0.1, -0.05) is 18.2 Å². The predicted octanol–water partition coefficient (Wildman–Crippen LogP) is 2.72. The summed E-state index contributed by atoms with van der Waals surface area (Å²) in [5.41, 5.74) is 0.239. The zero-order valence-corrected chi connectivity index (χ0v) is 17.1. The lowest BCUT2D eigenvalue weighted by molar-refractivity contribution is 0.0163. The van der Waals surface area contributed by atoms with Gasteiger partial charge in [-0.15, -0.1) is 0 Å². The van der Waals surface area contributed by atoms with Gasteiger partial charge in [-0.2, -0.15) is 9.57 Å². The van der Waals surface area contributed by atoms with E-state index in [0.29, 0.717) is 37.1 Å². The number of likely N-dealkylation sites (N-methyl/N-ethyl adjacent to an activating group) is 1. The van der Waals surface area contributed by atoms with Crippen LogP contribution in [0.4, 0.5) is 4.79 Å². The van der Waals surface area contributed by atoms with E-state index in [-0.39, 0.29) is 11.8 Å². The van der Waals surface area contributed by atoms with E-state index in [1.54, 1.807) is 49.9 Å². The third-order valence-corrected chi connectivity index (χ3v) is 6.33. The summed E-state index contributed by atoms with van der Waals surface area (Å²) >= 11 is 0. The summed E-state index contributed by atoms with van der Waals surface area (Å²) in [5.74, 6) is -0.240. The molecule has 1 amide bonds. The third-order valence-electron chi connectivity index (χ3n) is 4.48. The molecule has 0 radical (unpaired) electrons. The minimum atomic E-state index is -3.63. The summed E-state index contributed by atoms with van der Waals surface area (Å²) in [6, 6.07) is 8.40. The predicted molar refractivity (Wildman–Crippen MR) is 102 cm³/mol. The van der Waals surface area contributed by atoms with Crippen molar-refractivity contribution >= 4 is 16.1 Å². The van der Waals surface area contributed by atoms with Crippen molar-refractivity contribution in [2.75, 3.05) is 20.1 Å². The van der Waals surface area contributed by atoms with Crippen LogP contribution in [-0.4, -0.2) is 55.5 Å². The molecule has 1 aliphatic heterocycles. The van der Waals surface area contributed by atoms with Gasteiger partial charge in [0.05, 0.1) is 17.4 Å². The molecule has 0 bridgehead atoms.